The topological polar surface area (TPSA) is 132 Å². The summed E-state index contributed by atoms with van der Waals surface area (Å²) in [5.74, 6) is -3.46. The van der Waals surface area contributed by atoms with Gasteiger partial charge < -0.3 is 20.5 Å². The second kappa shape index (κ2) is 4.91. The molecule has 0 aliphatic rings. The fraction of sp³-hybridized carbons (Fsp3) is 0.250. The number of carboxylic acid groups (broad SMARTS) is 2. The summed E-state index contributed by atoms with van der Waals surface area (Å²) in [7, 11) is 0. The van der Waals surface area contributed by atoms with E-state index in [1.807, 2.05) is 5.32 Å². The van der Waals surface area contributed by atoms with Crippen LogP contribution in [0.15, 0.2) is 12.5 Å². The van der Waals surface area contributed by atoms with Gasteiger partial charge in [-0.25, -0.2) is 9.78 Å². The second-order valence-electron chi connectivity index (χ2n) is 2.92. The smallest absolute Gasteiger partial charge is 0.326 e. The predicted molar refractivity (Wildman–Crippen MR) is 49.7 cm³/mol. The van der Waals surface area contributed by atoms with Gasteiger partial charge in [0.1, 0.15) is 11.7 Å². The Morgan fingerprint density at radius 1 is 1.44 bits per heavy atom. The van der Waals surface area contributed by atoms with Crippen molar-refractivity contribution < 1.29 is 24.6 Å². The maximum Gasteiger partial charge on any atom is 0.326 e. The molecule has 0 saturated heterocycles. The monoisotopic (exact) mass is 227 g/mol. The third-order valence-corrected chi connectivity index (χ3v) is 1.71. The van der Waals surface area contributed by atoms with E-state index in [4.69, 9.17) is 10.2 Å². The lowest BCUT2D eigenvalue weighted by molar-refractivity contribution is -0.145. The van der Waals surface area contributed by atoms with E-state index in [0.29, 0.717) is 0 Å². The molecule has 8 nitrogen and oxygen atoms in total. The molecular weight excluding hydrogens is 218 g/mol. The Labute approximate surface area is 89.3 Å². The molecule has 1 aromatic rings. The van der Waals surface area contributed by atoms with Gasteiger partial charge in [-0.3, -0.25) is 9.59 Å². The van der Waals surface area contributed by atoms with Crippen LogP contribution in [0.5, 0.6) is 0 Å². The number of nitrogens with zero attached hydrogens (tertiary/aromatic N) is 1. The third kappa shape index (κ3) is 3.08. The molecule has 0 fully saturated rings. The molecule has 0 aliphatic heterocycles. The van der Waals surface area contributed by atoms with Crippen LogP contribution >= 0.6 is 0 Å². The Morgan fingerprint density at radius 3 is 2.56 bits per heavy atom. The Hall–Kier alpha value is -2.38. The van der Waals surface area contributed by atoms with Crippen LogP contribution in [-0.2, 0) is 9.59 Å². The molecule has 4 N–H and O–H groups in total. The molecule has 1 atom stereocenters. The Bertz CT molecular complexity index is 400. The second-order valence-corrected chi connectivity index (χ2v) is 2.92. The van der Waals surface area contributed by atoms with Crippen molar-refractivity contribution in [2.45, 2.75) is 12.5 Å². The van der Waals surface area contributed by atoms with E-state index in [0.717, 1.165) is 0 Å². The highest BCUT2D eigenvalue weighted by molar-refractivity contribution is 5.95. The number of carbonyl (C=O) groups excluding carboxylic acids is 1. The minimum atomic E-state index is -1.47. The SMILES string of the molecule is O=C(O)C[C@H](NC(=O)c1c[nH]cn1)C(=O)O. The van der Waals surface area contributed by atoms with Crippen molar-refractivity contribution >= 4 is 17.8 Å². The molecule has 8 heteroatoms. The van der Waals surface area contributed by atoms with Crippen molar-refractivity contribution in [3.05, 3.63) is 18.2 Å². The number of hydrogen-bond donors (Lipinski definition) is 4. The van der Waals surface area contributed by atoms with Gasteiger partial charge in [0.2, 0.25) is 0 Å². The number of carbonyl (C=O) groups is 3. The summed E-state index contributed by atoms with van der Waals surface area (Å²) >= 11 is 0. The van der Waals surface area contributed by atoms with Crippen LogP contribution in [-0.4, -0.2) is 44.1 Å². The standard InChI is InChI=1S/C8H9N3O5/c12-6(13)1-4(8(15)16)11-7(14)5-2-9-3-10-5/h2-4H,1H2,(H,9,10)(H,11,14)(H,12,13)(H,15,16)/t4-/m0/s1. The number of rotatable bonds is 5. The highest BCUT2D eigenvalue weighted by Gasteiger charge is 2.23. The summed E-state index contributed by atoms with van der Waals surface area (Å²) in [4.78, 5) is 38.4. The van der Waals surface area contributed by atoms with Crippen LogP contribution in [0, 0.1) is 0 Å². The van der Waals surface area contributed by atoms with Gasteiger partial charge in [0, 0.05) is 6.20 Å². The molecule has 1 heterocycles. The maximum absolute atomic E-state index is 11.4. The highest BCUT2D eigenvalue weighted by Crippen LogP contribution is 1.97. The molecule has 1 amide bonds. The van der Waals surface area contributed by atoms with Gasteiger partial charge in [-0.2, -0.15) is 0 Å². The van der Waals surface area contributed by atoms with Crippen LogP contribution in [0.2, 0.25) is 0 Å². The number of aromatic nitrogens is 2. The predicted octanol–water partition coefficient (Wildman–Crippen LogP) is -0.933. The molecule has 1 aromatic heterocycles. The number of amides is 1. The van der Waals surface area contributed by atoms with E-state index >= 15 is 0 Å². The van der Waals surface area contributed by atoms with Gasteiger partial charge in [0.25, 0.3) is 5.91 Å². The van der Waals surface area contributed by atoms with Crippen LogP contribution in [0.3, 0.4) is 0 Å². The zero-order valence-corrected chi connectivity index (χ0v) is 8.01. The van der Waals surface area contributed by atoms with Gasteiger partial charge in [-0.15, -0.1) is 0 Å². The zero-order chi connectivity index (χ0) is 12.1. The highest BCUT2D eigenvalue weighted by atomic mass is 16.4. The average Bonchev–Trinajstić information content (AvgIpc) is 2.68. The normalized spacial score (nSPS) is 11.8. The first kappa shape index (κ1) is 11.7. The summed E-state index contributed by atoms with van der Waals surface area (Å²) < 4.78 is 0. The molecule has 86 valence electrons. The summed E-state index contributed by atoms with van der Waals surface area (Å²) in [6.07, 6.45) is 1.84. The number of hydrogen-bond acceptors (Lipinski definition) is 4. The van der Waals surface area contributed by atoms with Crippen LogP contribution in [0.4, 0.5) is 0 Å². The number of aromatic amines is 1. The summed E-state index contributed by atoms with van der Waals surface area (Å²) in [5.41, 5.74) is -0.00311. The Morgan fingerprint density at radius 2 is 2.12 bits per heavy atom. The zero-order valence-electron chi connectivity index (χ0n) is 8.01. The fourth-order valence-corrected chi connectivity index (χ4v) is 0.991. The van der Waals surface area contributed by atoms with E-state index in [1.165, 1.54) is 12.5 Å². The average molecular weight is 227 g/mol. The van der Waals surface area contributed by atoms with E-state index in [-0.39, 0.29) is 5.69 Å². The first-order chi connectivity index (χ1) is 7.50. The summed E-state index contributed by atoms with van der Waals surface area (Å²) in [5, 5.41) is 19.2. The molecule has 16 heavy (non-hydrogen) atoms. The van der Waals surface area contributed by atoms with E-state index < -0.39 is 30.3 Å². The van der Waals surface area contributed by atoms with E-state index in [2.05, 4.69) is 9.97 Å². The minimum absolute atomic E-state index is 0.00311. The van der Waals surface area contributed by atoms with Crippen molar-refractivity contribution in [1.82, 2.24) is 15.3 Å². The summed E-state index contributed by atoms with van der Waals surface area (Å²) in [6.45, 7) is 0. The molecule has 1 rings (SSSR count). The maximum atomic E-state index is 11.4. The molecule has 0 radical (unpaired) electrons. The van der Waals surface area contributed by atoms with E-state index in [9.17, 15) is 14.4 Å². The van der Waals surface area contributed by atoms with Crippen molar-refractivity contribution in [2.75, 3.05) is 0 Å². The lowest BCUT2D eigenvalue weighted by Crippen LogP contribution is -2.42. The Balaban J connectivity index is 2.65. The molecular formula is C8H9N3O5. The molecule has 0 saturated carbocycles. The number of imidazole rings is 1. The summed E-state index contributed by atoms with van der Waals surface area (Å²) in [6, 6.07) is -1.47. The lowest BCUT2D eigenvalue weighted by atomic mass is 10.2. The molecule has 0 aliphatic carbocycles. The number of aliphatic carboxylic acids is 2. The molecule has 0 unspecified atom stereocenters. The molecule has 0 spiro atoms. The first-order valence-corrected chi connectivity index (χ1v) is 4.25. The van der Waals surface area contributed by atoms with Crippen LogP contribution in [0.1, 0.15) is 16.9 Å². The van der Waals surface area contributed by atoms with Gasteiger partial charge in [0.15, 0.2) is 0 Å². The van der Waals surface area contributed by atoms with Crippen molar-refractivity contribution in [1.29, 1.82) is 0 Å². The van der Waals surface area contributed by atoms with Gasteiger partial charge in [-0.1, -0.05) is 0 Å². The molecule has 0 aromatic carbocycles. The number of carboxylic acids is 2. The van der Waals surface area contributed by atoms with Crippen LogP contribution in [0.25, 0.3) is 0 Å². The first-order valence-electron chi connectivity index (χ1n) is 4.25. The van der Waals surface area contributed by atoms with Crippen molar-refractivity contribution in [2.24, 2.45) is 0 Å². The van der Waals surface area contributed by atoms with Gasteiger partial charge >= 0.3 is 11.9 Å². The quantitative estimate of drug-likeness (QED) is 0.513. The Kier molecular flexibility index (Phi) is 3.59. The largest absolute Gasteiger partial charge is 0.481 e. The fourth-order valence-electron chi connectivity index (χ4n) is 0.991. The number of H-pyrrole nitrogens is 1. The minimum Gasteiger partial charge on any atom is -0.481 e. The van der Waals surface area contributed by atoms with E-state index in [1.54, 1.807) is 0 Å². The lowest BCUT2D eigenvalue weighted by Gasteiger charge is -2.10. The van der Waals surface area contributed by atoms with Crippen LogP contribution < -0.4 is 5.32 Å². The van der Waals surface area contributed by atoms with Gasteiger partial charge in [-0.05, 0) is 0 Å². The van der Waals surface area contributed by atoms with Gasteiger partial charge in [0.05, 0.1) is 12.7 Å². The van der Waals surface area contributed by atoms with Crippen molar-refractivity contribution in [3.63, 3.8) is 0 Å². The van der Waals surface area contributed by atoms with Crippen molar-refractivity contribution in [3.8, 4) is 0 Å². The number of nitrogens with one attached hydrogen (secondary N) is 2. The molecule has 0 bridgehead atoms. The third-order valence-electron chi connectivity index (χ3n) is 1.71.